The van der Waals surface area contributed by atoms with Gasteiger partial charge in [0.15, 0.2) is 11.5 Å². The summed E-state index contributed by atoms with van der Waals surface area (Å²) in [5.41, 5.74) is 2.66. The average Bonchev–Trinajstić information content (AvgIpc) is 2.75. The van der Waals surface area contributed by atoms with Gasteiger partial charge in [0.25, 0.3) is 5.91 Å². The third kappa shape index (κ3) is 3.54. The van der Waals surface area contributed by atoms with Crippen LogP contribution in [0.1, 0.15) is 11.6 Å². The maximum absolute atomic E-state index is 12.7. The molecule has 0 radical (unpaired) electrons. The van der Waals surface area contributed by atoms with Gasteiger partial charge in [-0.25, -0.2) is 0 Å². The molecule has 1 atom stereocenters. The van der Waals surface area contributed by atoms with Crippen molar-refractivity contribution >= 4 is 29.4 Å². The van der Waals surface area contributed by atoms with Gasteiger partial charge in [-0.3, -0.25) is 14.8 Å². The van der Waals surface area contributed by atoms with Crippen LogP contribution >= 0.6 is 12.1 Å². The molecule has 0 aliphatic carbocycles. The molecule has 1 amide bonds. The summed E-state index contributed by atoms with van der Waals surface area (Å²) in [5, 5.41) is 5.54. The molecule has 0 unspecified atom stereocenters. The fraction of sp³-hybridized carbons (Fsp3) is 0.250. The van der Waals surface area contributed by atoms with Crippen molar-refractivity contribution in [1.29, 1.82) is 0 Å². The van der Waals surface area contributed by atoms with E-state index in [-0.39, 0.29) is 11.9 Å². The number of anilines is 2. The highest BCUT2D eigenvalue weighted by Gasteiger charge is 2.43. The molecule has 154 valence electrons. The van der Waals surface area contributed by atoms with Crippen LogP contribution in [0.4, 0.5) is 11.4 Å². The lowest BCUT2D eigenvalue weighted by Crippen LogP contribution is -2.48. The number of benzene rings is 2. The number of nitrogens with one attached hydrogen (secondary N) is 1. The zero-order valence-electron chi connectivity index (χ0n) is 16.6. The Labute approximate surface area is 173 Å². The van der Waals surface area contributed by atoms with E-state index in [4.69, 9.17) is 24.1 Å². The van der Waals surface area contributed by atoms with Crippen LogP contribution in [-0.2, 0) is 4.79 Å². The first-order valence-electron chi connectivity index (χ1n) is 8.62. The Balaban J connectivity index is 2.06. The Kier molecular flexibility index (Phi) is 6.09. The minimum atomic E-state index is -0.348. The van der Waals surface area contributed by atoms with Gasteiger partial charge in [0.1, 0.15) is 5.75 Å². The SMILES string of the molecule is C=C1C(=O)N(c2cc(OC)c(OC)c(OC)c2)[C@H]1c1ccc(OC)c(NSN)c1. The Morgan fingerprint density at radius 3 is 2.14 bits per heavy atom. The molecule has 2 aromatic rings. The molecule has 1 aliphatic heterocycles. The number of nitrogens with two attached hydrogens (primary N) is 1. The van der Waals surface area contributed by atoms with Gasteiger partial charge in [0.05, 0.1) is 45.9 Å². The molecule has 1 heterocycles. The Hall–Kier alpha value is -3.04. The minimum Gasteiger partial charge on any atom is -0.495 e. The highest BCUT2D eigenvalue weighted by molar-refractivity contribution is 7.98. The average molecular weight is 417 g/mol. The summed E-state index contributed by atoms with van der Waals surface area (Å²) < 4.78 is 24.5. The minimum absolute atomic E-state index is 0.178. The monoisotopic (exact) mass is 417 g/mol. The largest absolute Gasteiger partial charge is 0.495 e. The van der Waals surface area contributed by atoms with Crippen LogP contribution < -0.4 is 33.7 Å². The summed E-state index contributed by atoms with van der Waals surface area (Å²) in [6.07, 6.45) is 0. The van der Waals surface area contributed by atoms with E-state index in [1.807, 2.05) is 18.2 Å². The second kappa shape index (κ2) is 8.54. The smallest absolute Gasteiger partial charge is 0.256 e. The van der Waals surface area contributed by atoms with E-state index in [1.54, 1.807) is 24.1 Å². The van der Waals surface area contributed by atoms with Crippen LogP contribution in [0, 0.1) is 0 Å². The third-order valence-electron chi connectivity index (χ3n) is 4.72. The van der Waals surface area contributed by atoms with Crippen LogP contribution in [-0.4, -0.2) is 34.3 Å². The number of amides is 1. The summed E-state index contributed by atoms with van der Waals surface area (Å²) in [5.74, 6) is 1.84. The molecular weight excluding hydrogens is 394 g/mol. The Bertz CT molecular complexity index is 925. The number of hydrogen-bond donors (Lipinski definition) is 2. The molecule has 8 nitrogen and oxygen atoms in total. The normalized spacial score (nSPS) is 15.6. The number of carbonyl (C=O) groups is 1. The molecule has 3 rings (SSSR count). The molecular formula is C20H23N3O5S. The first-order valence-corrected chi connectivity index (χ1v) is 9.50. The maximum Gasteiger partial charge on any atom is 0.256 e. The van der Waals surface area contributed by atoms with Crippen LogP contribution in [0.2, 0.25) is 0 Å². The van der Waals surface area contributed by atoms with Gasteiger partial charge in [-0.15, -0.1) is 0 Å². The van der Waals surface area contributed by atoms with Crippen molar-refractivity contribution in [3.8, 4) is 23.0 Å². The molecule has 0 bridgehead atoms. The van der Waals surface area contributed by atoms with E-state index >= 15 is 0 Å². The second-order valence-electron chi connectivity index (χ2n) is 6.17. The number of rotatable bonds is 8. The first-order chi connectivity index (χ1) is 14.0. The maximum atomic E-state index is 12.7. The first kappa shape index (κ1) is 20.7. The lowest BCUT2D eigenvalue weighted by atomic mass is 9.88. The van der Waals surface area contributed by atoms with Crippen molar-refractivity contribution in [3.05, 3.63) is 48.0 Å². The predicted octanol–water partition coefficient (Wildman–Crippen LogP) is 3.30. The molecule has 0 aromatic heterocycles. The quantitative estimate of drug-likeness (QED) is 0.384. The predicted molar refractivity (Wildman–Crippen MR) is 114 cm³/mol. The van der Waals surface area contributed by atoms with E-state index in [0.717, 1.165) is 17.7 Å². The second-order valence-corrected chi connectivity index (χ2v) is 6.61. The number of ether oxygens (including phenoxy) is 4. The van der Waals surface area contributed by atoms with Gasteiger partial charge < -0.3 is 23.7 Å². The fourth-order valence-corrected chi connectivity index (χ4v) is 3.63. The molecule has 1 aliphatic rings. The van der Waals surface area contributed by atoms with Gasteiger partial charge >= 0.3 is 0 Å². The van der Waals surface area contributed by atoms with E-state index in [2.05, 4.69) is 11.3 Å². The van der Waals surface area contributed by atoms with Gasteiger partial charge in [0, 0.05) is 29.8 Å². The van der Waals surface area contributed by atoms with Crippen molar-refractivity contribution in [3.63, 3.8) is 0 Å². The van der Waals surface area contributed by atoms with Crippen molar-refractivity contribution < 1.29 is 23.7 Å². The molecule has 0 saturated carbocycles. The van der Waals surface area contributed by atoms with Crippen LogP contribution in [0.15, 0.2) is 42.5 Å². The summed E-state index contributed by atoms with van der Waals surface area (Å²) >= 11 is 0.963. The van der Waals surface area contributed by atoms with Crippen molar-refractivity contribution in [2.75, 3.05) is 38.1 Å². The number of hydrogen-bond acceptors (Lipinski definition) is 8. The van der Waals surface area contributed by atoms with E-state index in [1.165, 1.54) is 21.3 Å². The highest BCUT2D eigenvalue weighted by Crippen LogP contribution is 2.48. The number of carbonyl (C=O) groups excluding carboxylic acids is 1. The van der Waals surface area contributed by atoms with Crippen LogP contribution in [0.5, 0.6) is 23.0 Å². The summed E-state index contributed by atoms with van der Waals surface area (Å²) in [4.78, 5) is 14.3. The van der Waals surface area contributed by atoms with Gasteiger partial charge in [-0.2, -0.15) is 0 Å². The zero-order valence-corrected chi connectivity index (χ0v) is 17.5. The van der Waals surface area contributed by atoms with Gasteiger partial charge in [-0.05, 0) is 17.7 Å². The fourth-order valence-electron chi connectivity index (χ4n) is 3.34. The van der Waals surface area contributed by atoms with E-state index in [0.29, 0.717) is 39.9 Å². The van der Waals surface area contributed by atoms with Gasteiger partial charge in [-0.1, -0.05) is 12.6 Å². The topological polar surface area (TPSA) is 95.3 Å². The summed E-state index contributed by atoms with van der Waals surface area (Å²) in [7, 11) is 6.17. The Morgan fingerprint density at radius 2 is 1.62 bits per heavy atom. The third-order valence-corrected chi connectivity index (χ3v) is 5.06. The molecule has 2 aromatic carbocycles. The van der Waals surface area contributed by atoms with Crippen LogP contribution in [0.3, 0.4) is 0 Å². The molecule has 0 spiro atoms. The number of β-lactam (4-membered cyclic amide) rings is 1. The molecule has 3 N–H and O–H groups in total. The van der Waals surface area contributed by atoms with Crippen LogP contribution in [0.25, 0.3) is 0 Å². The summed E-state index contributed by atoms with van der Waals surface area (Å²) in [6, 6.07) is 8.70. The summed E-state index contributed by atoms with van der Waals surface area (Å²) in [6.45, 7) is 3.95. The lowest BCUT2D eigenvalue weighted by Gasteiger charge is -2.43. The molecule has 9 heteroatoms. The van der Waals surface area contributed by atoms with Crippen molar-refractivity contribution in [2.24, 2.45) is 5.14 Å². The van der Waals surface area contributed by atoms with Gasteiger partial charge in [0.2, 0.25) is 5.75 Å². The van der Waals surface area contributed by atoms with E-state index in [9.17, 15) is 4.79 Å². The van der Waals surface area contributed by atoms with Crippen molar-refractivity contribution in [2.45, 2.75) is 6.04 Å². The number of methoxy groups -OCH3 is 4. The zero-order chi connectivity index (χ0) is 21.1. The highest BCUT2D eigenvalue weighted by atomic mass is 32.2. The molecule has 29 heavy (non-hydrogen) atoms. The standard InChI is InChI=1S/C20H23N3O5S/c1-11-18(12-6-7-15(25-2)14(8-12)22-29-21)23(20(11)24)13-9-16(26-3)19(28-5)17(10-13)27-4/h6-10,18,22H,1,21H2,2-5H3/t18-/m1/s1. The molecule has 1 fully saturated rings. The number of nitrogens with zero attached hydrogens (tertiary/aromatic N) is 1. The lowest BCUT2D eigenvalue weighted by molar-refractivity contribution is -0.118. The van der Waals surface area contributed by atoms with E-state index < -0.39 is 0 Å². The van der Waals surface area contributed by atoms with Crippen molar-refractivity contribution in [1.82, 2.24) is 0 Å². The molecule has 1 saturated heterocycles. The Morgan fingerprint density at radius 1 is 1.00 bits per heavy atom.